The fraction of sp³-hybridized carbons (Fsp3) is 0.520. The number of para-hydroxylation sites is 1. The molecule has 2 heterocycles. The van der Waals surface area contributed by atoms with Gasteiger partial charge in [0, 0.05) is 25.6 Å². The van der Waals surface area contributed by atoms with Gasteiger partial charge < -0.3 is 9.47 Å². The summed E-state index contributed by atoms with van der Waals surface area (Å²) < 4.78 is 12.8. The minimum Gasteiger partial charge on any atom is -0.487 e. The molecular weight excluding hydrogens is 346 g/mol. The molecule has 3 nitrogen and oxygen atoms in total. The fourth-order valence-corrected chi connectivity index (χ4v) is 5.45. The van der Waals surface area contributed by atoms with Gasteiger partial charge >= 0.3 is 0 Å². The highest BCUT2D eigenvalue weighted by molar-refractivity contribution is 5.36. The summed E-state index contributed by atoms with van der Waals surface area (Å²) in [6, 6.07) is 17.8. The zero-order chi connectivity index (χ0) is 19.0. The largest absolute Gasteiger partial charge is 0.487 e. The standard InChI is InChI=1S/C25H31NO2/c1-19-18-25(13-12-21-7-3-5-9-23(21)28-25)14-15-26(19)16-17-27-24-11-10-20-6-2-4-8-22(20)24/h2-9,19,24H,10-18H2,1H3/t19-,24+,25+/m1/s1. The second-order valence-electron chi connectivity index (χ2n) is 8.83. The molecule has 3 atom stereocenters. The van der Waals surface area contributed by atoms with E-state index in [4.69, 9.17) is 9.47 Å². The molecule has 5 rings (SSSR count). The molecule has 0 N–H and O–H groups in total. The second-order valence-corrected chi connectivity index (χ2v) is 8.83. The van der Waals surface area contributed by atoms with Gasteiger partial charge in [-0.05, 0) is 61.8 Å². The van der Waals surface area contributed by atoms with E-state index < -0.39 is 0 Å². The Kier molecular flexibility index (Phi) is 4.90. The van der Waals surface area contributed by atoms with E-state index in [1.807, 2.05) is 0 Å². The quantitative estimate of drug-likeness (QED) is 0.753. The molecule has 0 unspecified atom stereocenters. The third-order valence-electron chi connectivity index (χ3n) is 7.07. The van der Waals surface area contributed by atoms with Crippen molar-refractivity contribution in [3.8, 4) is 5.75 Å². The Labute approximate surface area is 168 Å². The Bertz CT molecular complexity index is 835. The molecule has 1 saturated heterocycles. The monoisotopic (exact) mass is 377 g/mol. The minimum absolute atomic E-state index is 0.0372. The number of nitrogens with zero attached hydrogens (tertiary/aromatic N) is 1. The zero-order valence-corrected chi connectivity index (χ0v) is 16.9. The van der Waals surface area contributed by atoms with Crippen molar-refractivity contribution in [3.63, 3.8) is 0 Å². The van der Waals surface area contributed by atoms with Crippen molar-refractivity contribution in [2.24, 2.45) is 0 Å². The summed E-state index contributed by atoms with van der Waals surface area (Å²) in [5, 5.41) is 0. The molecule has 148 valence electrons. The predicted molar refractivity (Wildman–Crippen MR) is 112 cm³/mol. The summed E-state index contributed by atoms with van der Waals surface area (Å²) >= 11 is 0. The number of fused-ring (bicyclic) bond motifs is 2. The Hall–Kier alpha value is -1.84. The first-order valence-electron chi connectivity index (χ1n) is 10.9. The van der Waals surface area contributed by atoms with Crippen LogP contribution < -0.4 is 4.74 Å². The van der Waals surface area contributed by atoms with Crippen LogP contribution in [0.3, 0.4) is 0 Å². The Morgan fingerprint density at radius 2 is 1.86 bits per heavy atom. The lowest BCUT2D eigenvalue weighted by molar-refractivity contribution is -0.0476. The molecule has 0 saturated carbocycles. The molecule has 1 fully saturated rings. The summed E-state index contributed by atoms with van der Waals surface area (Å²) in [5.74, 6) is 1.11. The second kappa shape index (κ2) is 7.53. The molecule has 3 heteroatoms. The molecule has 1 spiro atoms. The van der Waals surface area contributed by atoms with Crippen molar-refractivity contribution in [3.05, 3.63) is 65.2 Å². The Morgan fingerprint density at radius 3 is 2.75 bits per heavy atom. The van der Waals surface area contributed by atoms with Crippen LogP contribution in [0.5, 0.6) is 5.75 Å². The molecule has 28 heavy (non-hydrogen) atoms. The third kappa shape index (κ3) is 3.46. The zero-order valence-electron chi connectivity index (χ0n) is 16.9. The van der Waals surface area contributed by atoms with Crippen LogP contribution >= 0.6 is 0 Å². The number of likely N-dealkylation sites (tertiary alicyclic amines) is 1. The number of rotatable bonds is 4. The molecule has 3 aliphatic rings. The van der Waals surface area contributed by atoms with Crippen LogP contribution in [0.1, 0.15) is 55.4 Å². The van der Waals surface area contributed by atoms with Crippen LogP contribution in [0.25, 0.3) is 0 Å². The van der Waals surface area contributed by atoms with E-state index in [9.17, 15) is 0 Å². The lowest BCUT2D eigenvalue weighted by Crippen LogP contribution is -2.54. The molecule has 0 bridgehead atoms. The van der Waals surface area contributed by atoms with Crippen molar-refractivity contribution in [1.82, 2.24) is 4.90 Å². The van der Waals surface area contributed by atoms with E-state index in [0.717, 1.165) is 64.0 Å². The van der Waals surface area contributed by atoms with Crippen LogP contribution in [-0.4, -0.2) is 36.2 Å². The number of piperidine rings is 1. The molecule has 0 amide bonds. The van der Waals surface area contributed by atoms with Crippen LogP contribution in [-0.2, 0) is 17.6 Å². The smallest absolute Gasteiger partial charge is 0.123 e. The first kappa shape index (κ1) is 18.2. The molecule has 0 aromatic heterocycles. The van der Waals surface area contributed by atoms with Crippen molar-refractivity contribution < 1.29 is 9.47 Å². The number of hydrogen-bond donors (Lipinski definition) is 0. The summed E-state index contributed by atoms with van der Waals surface area (Å²) in [6.07, 6.45) is 7.12. The van der Waals surface area contributed by atoms with E-state index in [0.29, 0.717) is 12.1 Å². The summed E-state index contributed by atoms with van der Waals surface area (Å²) in [7, 11) is 0. The van der Waals surface area contributed by atoms with Crippen molar-refractivity contribution >= 4 is 0 Å². The Morgan fingerprint density at radius 1 is 1.04 bits per heavy atom. The minimum atomic E-state index is 0.0372. The maximum absolute atomic E-state index is 6.55. The maximum atomic E-state index is 6.55. The number of aryl methyl sites for hydroxylation is 2. The van der Waals surface area contributed by atoms with Gasteiger partial charge in [0.15, 0.2) is 0 Å². The van der Waals surface area contributed by atoms with Gasteiger partial charge in [0.05, 0.1) is 12.7 Å². The van der Waals surface area contributed by atoms with Gasteiger partial charge in [-0.25, -0.2) is 0 Å². The number of benzene rings is 2. The normalized spacial score (nSPS) is 29.3. The van der Waals surface area contributed by atoms with Gasteiger partial charge in [-0.2, -0.15) is 0 Å². The van der Waals surface area contributed by atoms with E-state index in [2.05, 4.69) is 60.4 Å². The van der Waals surface area contributed by atoms with Crippen LogP contribution in [0.4, 0.5) is 0 Å². The highest BCUT2D eigenvalue weighted by Gasteiger charge is 2.42. The fourth-order valence-electron chi connectivity index (χ4n) is 5.45. The lowest BCUT2D eigenvalue weighted by Gasteiger charge is -2.47. The van der Waals surface area contributed by atoms with Crippen molar-refractivity contribution in [2.45, 2.75) is 63.2 Å². The van der Waals surface area contributed by atoms with Crippen LogP contribution in [0, 0.1) is 0 Å². The SMILES string of the molecule is C[C@@H]1C[C@]2(CCc3ccccc3O2)CCN1CCO[C@H]1CCc2ccccc21. The average Bonchev–Trinajstić information content (AvgIpc) is 3.13. The Balaban J connectivity index is 1.14. The van der Waals surface area contributed by atoms with Gasteiger partial charge in [0.2, 0.25) is 0 Å². The maximum Gasteiger partial charge on any atom is 0.123 e. The summed E-state index contributed by atoms with van der Waals surface area (Å²) in [4.78, 5) is 2.59. The highest BCUT2D eigenvalue weighted by atomic mass is 16.5. The van der Waals surface area contributed by atoms with Gasteiger partial charge in [-0.3, -0.25) is 4.90 Å². The highest BCUT2D eigenvalue weighted by Crippen LogP contribution is 2.41. The van der Waals surface area contributed by atoms with E-state index >= 15 is 0 Å². The molecular formula is C25H31NO2. The van der Waals surface area contributed by atoms with Crippen LogP contribution in [0.2, 0.25) is 0 Å². The lowest BCUT2D eigenvalue weighted by atomic mass is 9.80. The van der Waals surface area contributed by atoms with E-state index in [1.165, 1.54) is 16.7 Å². The van der Waals surface area contributed by atoms with Crippen molar-refractivity contribution in [1.29, 1.82) is 0 Å². The third-order valence-corrected chi connectivity index (χ3v) is 7.07. The van der Waals surface area contributed by atoms with Crippen LogP contribution in [0.15, 0.2) is 48.5 Å². The van der Waals surface area contributed by atoms with Gasteiger partial charge in [0.25, 0.3) is 0 Å². The number of hydrogen-bond acceptors (Lipinski definition) is 3. The van der Waals surface area contributed by atoms with Gasteiger partial charge in [-0.15, -0.1) is 0 Å². The molecule has 2 aromatic carbocycles. The van der Waals surface area contributed by atoms with Gasteiger partial charge in [-0.1, -0.05) is 42.5 Å². The average molecular weight is 378 g/mol. The summed E-state index contributed by atoms with van der Waals surface area (Å²) in [6.45, 7) is 5.30. The molecule has 1 aliphatic carbocycles. The first-order chi connectivity index (χ1) is 13.7. The van der Waals surface area contributed by atoms with E-state index in [1.54, 1.807) is 0 Å². The predicted octanol–water partition coefficient (Wildman–Crippen LogP) is 4.94. The summed E-state index contributed by atoms with van der Waals surface area (Å²) in [5.41, 5.74) is 4.28. The molecule has 2 aliphatic heterocycles. The van der Waals surface area contributed by atoms with Gasteiger partial charge in [0.1, 0.15) is 11.4 Å². The number of ether oxygens (including phenoxy) is 2. The topological polar surface area (TPSA) is 21.7 Å². The van der Waals surface area contributed by atoms with E-state index in [-0.39, 0.29) is 5.60 Å². The van der Waals surface area contributed by atoms with Crippen molar-refractivity contribution in [2.75, 3.05) is 19.7 Å². The molecule has 0 radical (unpaired) electrons. The first-order valence-corrected chi connectivity index (χ1v) is 10.9. The molecule has 2 aromatic rings.